The summed E-state index contributed by atoms with van der Waals surface area (Å²) in [7, 11) is 1.21. The summed E-state index contributed by atoms with van der Waals surface area (Å²) in [4.78, 5) is 24.0. The zero-order valence-corrected chi connectivity index (χ0v) is 9.30. The van der Waals surface area contributed by atoms with E-state index >= 15 is 0 Å². The van der Waals surface area contributed by atoms with E-state index in [0.717, 1.165) is 6.20 Å². The number of halogens is 1. The molecule has 0 N–H and O–H groups in total. The number of alkyl halides is 1. The number of carbonyl (C=O) groups excluding carboxylic acids is 1. The summed E-state index contributed by atoms with van der Waals surface area (Å²) in [5.74, 6) is -0.593. The first-order chi connectivity index (χ1) is 7.07. The highest BCUT2D eigenvalue weighted by Gasteiger charge is 2.26. The van der Waals surface area contributed by atoms with Gasteiger partial charge in [-0.05, 0) is 6.07 Å². The molecule has 0 aliphatic heterocycles. The van der Waals surface area contributed by atoms with Gasteiger partial charge in [0.2, 0.25) is 0 Å². The number of nitrogens with zero attached hydrogens (tertiary/aromatic N) is 2. The average molecular weight is 275 g/mol. The number of aromatic nitrogens is 1. The Bertz CT molecular complexity index is 396. The number of ether oxygens (including phenoxy) is 1. The Balaban J connectivity index is 3.13. The molecule has 1 rings (SSSR count). The maximum absolute atomic E-state index is 11.2. The smallest absolute Gasteiger partial charge is 0.324 e. The van der Waals surface area contributed by atoms with Gasteiger partial charge in [0.15, 0.2) is 0 Å². The molecule has 0 saturated carbocycles. The molecule has 0 amide bonds. The largest absolute Gasteiger partial charge is 0.468 e. The average Bonchev–Trinajstić information content (AvgIpc) is 2.27. The van der Waals surface area contributed by atoms with Gasteiger partial charge in [-0.15, -0.1) is 0 Å². The van der Waals surface area contributed by atoms with E-state index in [4.69, 9.17) is 0 Å². The Morgan fingerprint density at radius 1 is 1.73 bits per heavy atom. The van der Waals surface area contributed by atoms with E-state index in [2.05, 4.69) is 25.7 Å². The second kappa shape index (κ2) is 4.83. The highest BCUT2D eigenvalue weighted by atomic mass is 79.9. The molecule has 0 spiro atoms. The van der Waals surface area contributed by atoms with E-state index in [1.165, 1.54) is 19.4 Å². The number of pyridine rings is 1. The fourth-order valence-corrected chi connectivity index (χ4v) is 1.57. The minimum Gasteiger partial charge on any atom is -0.468 e. The van der Waals surface area contributed by atoms with Crippen LogP contribution in [0.4, 0.5) is 5.69 Å². The van der Waals surface area contributed by atoms with Gasteiger partial charge in [0.05, 0.1) is 17.6 Å². The number of rotatable bonds is 3. The fraction of sp³-hybridized carbons (Fsp3) is 0.250. The zero-order chi connectivity index (χ0) is 11.4. The molecule has 0 aliphatic rings. The Labute approximate surface area is 93.5 Å². The number of carbonyl (C=O) groups is 1. The first-order valence-corrected chi connectivity index (χ1v) is 4.79. The fourth-order valence-electron chi connectivity index (χ4n) is 0.994. The lowest BCUT2D eigenvalue weighted by molar-refractivity contribution is -0.385. The molecule has 0 saturated heterocycles. The van der Waals surface area contributed by atoms with E-state index < -0.39 is 15.7 Å². The summed E-state index contributed by atoms with van der Waals surface area (Å²) < 4.78 is 4.47. The van der Waals surface area contributed by atoms with Crippen molar-refractivity contribution in [1.82, 2.24) is 4.98 Å². The van der Waals surface area contributed by atoms with Crippen molar-refractivity contribution >= 4 is 27.6 Å². The van der Waals surface area contributed by atoms with Crippen LogP contribution in [0.25, 0.3) is 0 Å². The molecular weight excluding hydrogens is 268 g/mol. The highest BCUT2D eigenvalue weighted by molar-refractivity contribution is 9.09. The monoisotopic (exact) mass is 274 g/mol. The van der Waals surface area contributed by atoms with Gasteiger partial charge >= 0.3 is 5.97 Å². The van der Waals surface area contributed by atoms with Gasteiger partial charge in [0.1, 0.15) is 11.0 Å². The molecule has 0 aliphatic carbocycles. The molecule has 80 valence electrons. The molecule has 1 heterocycles. The van der Waals surface area contributed by atoms with Crippen LogP contribution in [0.15, 0.2) is 18.5 Å². The van der Waals surface area contributed by atoms with Crippen LogP contribution in [-0.2, 0) is 9.53 Å². The molecule has 0 unspecified atom stereocenters. The van der Waals surface area contributed by atoms with E-state index in [1.54, 1.807) is 0 Å². The van der Waals surface area contributed by atoms with Crippen molar-refractivity contribution in [2.75, 3.05) is 7.11 Å². The normalized spacial score (nSPS) is 11.9. The van der Waals surface area contributed by atoms with Crippen LogP contribution in [0.5, 0.6) is 0 Å². The summed E-state index contributed by atoms with van der Waals surface area (Å²) in [5, 5.41) is 10.6. The van der Waals surface area contributed by atoms with Crippen LogP contribution in [0, 0.1) is 10.1 Å². The minimum absolute atomic E-state index is 0.218. The van der Waals surface area contributed by atoms with Gasteiger partial charge < -0.3 is 4.74 Å². The number of esters is 1. The molecule has 1 aromatic heterocycles. The van der Waals surface area contributed by atoms with Crippen molar-refractivity contribution in [1.29, 1.82) is 0 Å². The number of methoxy groups -OCH3 is 1. The first kappa shape index (κ1) is 11.6. The second-order valence-electron chi connectivity index (χ2n) is 2.58. The lowest BCUT2D eigenvalue weighted by Gasteiger charge is -2.07. The molecule has 0 fully saturated rings. The van der Waals surface area contributed by atoms with E-state index in [1.807, 2.05) is 0 Å². The number of nitro groups is 1. The van der Waals surface area contributed by atoms with E-state index in [9.17, 15) is 14.9 Å². The summed E-state index contributed by atoms with van der Waals surface area (Å²) in [5.41, 5.74) is 0.00613. The summed E-state index contributed by atoms with van der Waals surface area (Å²) in [6.45, 7) is 0. The molecule has 0 bridgehead atoms. The van der Waals surface area contributed by atoms with Crippen LogP contribution in [-0.4, -0.2) is 23.0 Å². The van der Waals surface area contributed by atoms with E-state index in [0.29, 0.717) is 0 Å². The molecule has 7 heteroatoms. The molecule has 1 atom stereocenters. The minimum atomic E-state index is -0.856. The maximum Gasteiger partial charge on any atom is 0.324 e. The predicted molar refractivity (Wildman–Crippen MR) is 54.6 cm³/mol. The van der Waals surface area contributed by atoms with Crippen LogP contribution < -0.4 is 0 Å². The molecule has 1 aromatic rings. The van der Waals surface area contributed by atoms with Gasteiger partial charge in [-0.1, -0.05) is 15.9 Å². The van der Waals surface area contributed by atoms with Crippen molar-refractivity contribution in [2.24, 2.45) is 0 Å². The SMILES string of the molecule is COC(=O)[C@H](Br)c1ccncc1[N+](=O)[O-]. The molecule has 0 radical (unpaired) electrons. The van der Waals surface area contributed by atoms with Crippen molar-refractivity contribution < 1.29 is 14.5 Å². The summed E-state index contributed by atoms with van der Waals surface area (Å²) in [6.07, 6.45) is 2.46. The topological polar surface area (TPSA) is 82.3 Å². The Hall–Kier alpha value is -1.50. The lowest BCUT2D eigenvalue weighted by Crippen LogP contribution is -2.10. The Kier molecular flexibility index (Phi) is 3.73. The van der Waals surface area contributed by atoms with Crippen molar-refractivity contribution in [3.63, 3.8) is 0 Å². The van der Waals surface area contributed by atoms with E-state index in [-0.39, 0.29) is 11.3 Å². The van der Waals surface area contributed by atoms with Gasteiger partial charge in [0.25, 0.3) is 5.69 Å². The van der Waals surface area contributed by atoms with Crippen LogP contribution >= 0.6 is 15.9 Å². The number of hydrogen-bond acceptors (Lipinski definition) is 5. The standard InChI is InChI=1S/C8H7BrN2O4/c1-15-8(12)7(9)5-2-3-10-4-6(5)11(13)14/h2-4,7H,1H3/t7-/m1/s1. The van der Waals surface area contributed by atoms with Gasteiger partial charge in [-0.2, -0.15) is 0 Å². The van der Waals surface area contributed by atoms with Crippen LogP contribution in [0.2, 0.25) is 0 Å². The quantitative estimate of drug-likeness (QED) is 0.362. The van der Waals surface area contributed by atoms with Crippen molar-refractivity contribution in [2.45, 2.75) is 4.83 Å². The second-order valence-corrected chi connectivity index (χ2v) is 3.49. The van der Waals surface area contributed by atoms with Gasteiger partial charge in [0, 0.05) is 6.20 Å². The van der Waals surface area contributed by atoms with Crippen LogP contribution in [0.1, 0.15) is 10.4 Å². The molecular formula is C8H7BrN2O4. The van der Waals surface area contributed by atoms with Crippen molar-refractivity contribution in [3.8, 4) is 0 Å². The number of hydrogen-bond donors (Lipinski definition) is 0. The third-order valence-corrected chi connectivity index (χ3v) is 2.58. The molecule has 0 aromatic carbocycles. The summed E-state index contributed by atoms with van der Waals surface area (Å²) in [6, 6.07) is 1.40. The molecule has 15 heavy (non-hydrogen) atoms. The van der Waals surface area contributed by atoms with Crippen LogP contribution in [0.3, 0.4) is 0 Å². The predicted octanol–water partition coefficient (Wildman–Crippen LogP) is 1.60. The lowest BCUT2D eigenvalue weighted by atomic mass is 10.1. The Morgan fingerprint density at radius 3 is 2.93 bits per heavy atom. The van der Waals surface area contributed by atoms with Crippen molar-refractivity contribution in [3.05, 3.63) is 34.1 Å². The summed E-state index contributed by atoms with van der Waals surface area (Å²) >= 11 is 3.02. The molecule has 6 nitrogen and oxygen atoms in total. The first-order valence-electron chi connectivity index (χ1n) is 3.88. The third kappa shape index (κ3) is 2.50. The van der Waals surface area contributed by atoms with Gasteiger partial charge in [-0.3, -0.25) is 19.9 Å². The maximum atomic E-state index is 11.2. The Morgan fingerprint density at radius 2 is 2.40 bits per heavy atom. The zero-order valence-electron chi connectivity index (χ0n) is 7.71. The third-order valence-electron chi connectivity index (χ3n) is 1.71. The highest BCUT2D eigenvalue weighted by Crippen LogP contribution is 2.30. The van der Waals surface area contributed by atoms with Gasteiger partial charge in [-0.25, -0.2) is 0 Å².